The number of sulfonamides is 1. The number of hydrogen-bond donors (Lipinski definition) is 3. The third kappa shape index (κ3) is 5.78. The fourth-order valence-electron chi connectivity index (χ4n) is 1.35. The van der Waals surface area contributed by atoms with Crippen molar-refractivity contribution < 1.29 is 8.42 Å². The molecule has 0 unspecified atom stereocenters. The lowest BCUT2D eigenvalue weighted by atomic mass is 10.4. The van der Waals surface area contributed by atoms with E-state index in [0.29, 0.717) is 25.3 Å². The summed E-state index contributed by atoms with van der Waals surface area (Å²) in [5.41, 5.74) is 0. The molecule has 18 heavy (non-hydrogen) atoms. The van der Waals surface area contributed by atoms with Crippen LogP contribution in [0.2, 0.25) is 0 Å². The maximum Gasteiger partial charge on any atom is 0.208 e. The molecule has 7 nitrogen and oxygen atoms in total. The van der Waals surface area contributed by atoms with Crippen LogP contribution >= 0.6 is 0 Å². The Bertz CT molecular complexity index is 489. The van der Waals surface area contributed by atoms with Gasteiger partial charge in [-0.1, -0.05) is 0 Å². The second-order valence-corrected chi connectivity index (χ2v) is 5.72. The molecule has 8 heteroatoms. The standard InChI is InChI=1S/C10H19N5O2S/c1-8-14-9(11-2)7-10(15-8)12-5-4-6-13-18(3,16)17/h7,13H,4-6H2,1-3H3,(H2,11,12,14,15). The molecule has 102 valence electrons. The number of nitrogens with zero attached hydrogens (tertiary/aromatic N) is 2. The van der Waals surface area contributed by atoms with Crippen molar-refractivity contribution in [3.05, 3.63) is 11.9 Å². The van der Waals surface area contributed by atoms with Crippen molar-refractivity contribution in [1.82, 2.24) is 14.7 Å². The zero-order valence-corrected chi connectivity index (χ0v) is 11.6. The summed E-state index contributed by atoms with van der Waals surface area (Å²) in [4.78, 5) is 8.40. The number of aromatic nitrogens is 2. The molecule has 0 bridgehead atoms. The highest BCUT2D eigenvalue weighted by molar-refractivity contribution is 7.88. The minimum Gasteiger partial charge on any atom is -0.373 e. The first-order valence-corrected chi connectivity index (χ1v) is 7.52. The third-order valence-electron chi connectivity index (χ3n) is 2.12. The van der Waals surface area contributed by atoms with Gasteiger partial charge in [-0.15, -0.1) is 0 Å². The van der Waals surface area contributed by atoms with Crippen LogP contribution in [-0.2, 0) is 10.0 Å². The monoisotopic (exact) mass is 273 g/mol. The molecular formula is C10H19N5O2S. The van der Waals surface area contributed by atoms with Crippen molar-refractivity contribution in [3.8, 4) is 0 Å². The van der Waals surface area contributed by atoms with Crippen LogP contribution in [-0.4, -0.2) is 44.8 Å². The van der Waals surface area contributed by atoms with E-state index in [1.54, 1.807) is 13.1 Å². The Hall–Kier alpha value is -1.41. The number of hydrogen-bond acceptors (Lipinski definition) is 6. The number of anilines is 2. The zero-order chi connectivity index (χ0) is 13.6. The second kappa shape index (κ2) is 6.50. The molecule has 0 saturated heterocycles. The summed E-state index contributed by atoms with van der Waals surface area (Å²) in [7, 11) is -1.31. The van der Waals surface area contributed by atoms with Crippen LogP contribution in [0.25, 0.3) is 0 Å². The molecule has 0 aliphatic carbocycles. The lowest BCUT2D eigenvalue weighted by Gasteiger charge is -2.08. The summed E-state index contributed by atoms with van der Waals surface area (Å²) < 4.78 is 24.1. The average Bonchev–Trinajstić information content (AvgIpc) is 2.26. The van der Waals surface area contributed by atoms with Crippen molar-refractivity contribution in [2.24, 2.45) is 0 Å². The normalized spacial score (nSPS) is 11.3. The van der Waals surface area contributed by atoms with Crippen molar-refractivity contribution in [1.29, 1.82) is 0 Å². The topological polar surface area (TPSA) is 96.0 Å². The molecule has 0 aliphatic heterocycles. The molecule has 1 rings (SSSR count). The molecule has 1 aromatic rings. The zero-order valence-electron chi connectivity index (χ0n) is 10.8. The molecule has 0 radical (unpaired) electrons. The minimum atomic E-state index is -3.10. The van der Waals surface area contributed by atoms with E-state index in [1.165, 1.54) is 0 Å². The maximum atomic E-state index is 10.8. The van der Waals surface area contributed by atoms with E-state index >= 15 is 0 Å². The van der Waals surface area contributed by atoms with E-state index in [-0.39, 0.29) is 0 Å². The highest BCUT2D eigenvalue weighted by Crippen LogP contribution is 2.09. The molecule has 0 aromatic carbocycles. The fourth-order valence-corrected chi connectivity index (χ4v) is 1.86. The van der Waals surface area contributed by atoms with Gasteiger partial charge in [0.25, 0.3) is 0 Å². The number of rotatable bonds is 7. The highest BCUT2D eigenvalue weighted by Gasteiger charge is 2.01. The predicted octanol–water partition coefficient (Wildman–Crippen LogP) is 0.178. The molecule has 0 saturated carbocycles. The van der Waals surface area contributed by atoms with Crippen molar-refractivity contribution in [2.45, 2.75) is 13.3 Å². The summed E-state index contributed by atoms with van der Waals surface area (Å²) in [6.07, 6.45) is 1.83. The molecule has 1 aromatic heterocycles. The first-order valence-electron chi connectivity index (χ1n) is 5.62. The second-order valence-electron chi connectivity index (χ2n) is 3.88. The predicted molar refractivity (Wildman–Crippen MR) is 72.3 cm³/mol. The molecule has 0 spiro atoms. The quantitative estimate of drug-likeness (QED) is 0.613. The molecule has 0 amide bonds. The van der Waals surface area contributed by atoms with Crippen LogP contribution in [0, 0.1) is 6.92 Å². The van der Waals surface area contributed by atoms with Crippen LogP contribution in [0.3, 0.4) is 0 Å². The maximum absolute atomic E-state index is 10.8. The van der Waals surface area contributed by atoms with E-state index in [0.717, 1.165) is 17.9 Å². The molecule has 0 fully saturated rings. The first-order chi connectivity index (χ1) is 8.40. The Labute approximate surface area is 107 Å². The van der Waals surface area contributed by atoms with Gasteiger partial charge in [0.15, 0.2) is 0 Å². The van der Waals surface area contributed by atoms with Crippen LogP contribution < -0.4 is 15.4 Å². The van der Waals surface area contributed by atoms with Crippen LogP contribution in [0.1, 0.15) is 12.2 Å². The lowest BCUT2D eigenvalue weighted by Crippen LogP contribution is -2.24. The number of nitrogens with one attached hydrogen (secondary N) is 3. The molecule has 3 N–H and O–H groups in total. The van der Waals surface area contributed by atoms with Gasteiger partial charge in [-0.3, -0.25) is 0 Å². The summed E-state index contributed by atoms with van der Waals surface area (Å²) in [6.45, 7) is 2.87. The minimum absolute atomic E-state index is 0.411. The highest BCUT2D eigenvalue weighted by atomic mass is 32.2. The van der Waals surface area contributed by atoms with Crippen molar-refractivity contribution in [3.63, 3.8) is 0 Å². The average molecular weight is 273 g/mol. The molecule has 0 atom stereocenters. The van der Waals surface area contributed by atoms with E-state index < -0.39 is 10.0 Å². The summed E-state index contributed by atoms with van der Waals surface area (Å²) >= 11 is 0. The van der Waals surface area contributed by atoms with Gasteiger partial charge in [0.2, 0.25) is 10.0 Å². The third-order valence-corrected chi connectivity index (χ3v) is 2.85. The van der Waals surface area contributed by atoms with Gasteiger partial charge in [0.1, 0.15) is 17.5 Å². The fraction of sp³-hybridized carbons (Fsp3) is 0.600. The molecule has 1 heterocycles. The largest absolute Gasteiger partial charge is 0.373 e. The van der Waals surface area contributed by atoms with E-state index in [2.05, 4.69) is 25.3 Å². The van der Waals surface area contributed by atoms with Gasteiger partial charge in [-0.2, -0.15) is 0 Å². The summed E-state index contributed by atoms with van der Waals surface area (Å²) in [5.74, 6) is 2.16. The Morgan fingerprint density at radius 1 is 1.22 bits per heavy atom. The lowest BCUT2D eigenvalue weighted by molar-refractivity contribution is 0.586. The van der Waals surface area contributed by atoms with E-state index in [4.69, 9.17) is 0 Å². The Kier molecular flexibility index (Phi) is 5.29. The molecule has 0 aliphatic rings. The van der Waals surface area contributed by atoms with Gasteiger partial charge >= 0.3 is 0 Å². The molecular weight excluding hydrogens is 254 g/mol. The van der Waals surface area contributed by atoms with Crippen LogP contribution in [0.4, 0.5) is 11.6 Å². The number of aryl methyl sites for hydroxylation is 1. The first kappa shape index (κ1) is 14.7. The van der Waals surface area contributed by atoms with E-state index in [1.807, 2.05) is 6.92 Å². The smallest absolute Gasteiger partial charge is 0.208 e. The van der Waals surface area contributed by atoms with Crippen LogP contribution in [0.5, 0.6) is 0 Å². The Morgan fingerprint density at radius 3 is 2.50 bits per heavy atom. The summed E-state index contributed by atoms with van der Waals surface area (Å²) in [5, 5.41) is 6.07. The summed E-state index contributed by atoms with van der Waals surface area (Å²) in [6, 6.07) is 1.80. The van der Waals surface area contributed by atoms with Crippen molar-refractivity contribution in [2.75, 3.05) is 37.0 Å². The Balaban J connectivity index is 2.37. The van der Waals surface area contributed by atoms with Crippen molar-refractivity contribution >= 4 is 21.7 Å². The van der Waals surface area contributed by atoms with Gasteiger partial charge in [0.05, 0.1) is 6.26 Å². The van der Waals surface area contributed by atoms with Gasteiger partial charge in [-0.25, -0.2) is 23.1 Å². The Morgan fingerprint density at radius 2 is 1.89 bits per heavy atom. The van der Waals surface area contributed by atoms with Gasteiger partial charge < -0.3 is 10.6 Å². The van der Waals surface area contributed by atoms with Crippen LogP contribution in [0.15, 0.2) is 6.07 Å². The van der Waals surface area contributed by atoms with E-state index in [9.17, 15) is 8.42 Å². The van der Waals surface area contributed by atoms with Gasteiger partial charge in [0, 0.05) is 26.2 Å². The SMILES string of the molecule is CNc1cc(NCCCNS(C)(=O)=O)nc(C)n1. The van der Waals surface area contributed by atoms with Gasteiger partial charge in [-0.05, 0) is 13.3 Å².